The number of terminal acetylenes is 1. The Kier molecular flexibility index (Phi) is 20.8. The molecule has 0 spiro atoms. The van der Waals surface area contributed by atoms with Gasteiger partial charge < -0.3 is 15.2 Å². The van der Waals surface area contributed by atoms with Crippen LogP contribution in [0.2, 0.25) is 0 Å². The first kappa shape index (κ1) is 27.1. The molecule has 0 aliphatic rings. The van der Waals surface area contributed by atoms with Crippen LogP contribution in [-0.4, -0.2) is 37.1 Å². The van der Waals surface area contributed by atoms with Gasteiger partial charge in [0.15, 0.2) is 0 Å². The van der Waals surface area contributed by atoms with Crippen molar-refractivity contribution in [2.45, 2.75) is 40.0 Å². The molecule has 0 aliphatic heterocycles. The summed E-state index contributed by atoms with van der Waals surface area (Å²) in [4.78, 5) is 31.2. The van der Waals surface area contributed by atoms with Crippen molar-refractivity contribution in [2.24, 2.45) is 0 Å². The van der Waals surface area contributed by atoms with Gasteiger partial charge in [0.05, 0.1) is 20.0 Å². The number of amides is 1. The molecule has 0 heterocycles. The summed E-state index contributed by atoms with van der Waals surface area (Å²) in [7, 11) is 2.87. The van der Waals surface area contributed by atoms with Gasteiger partial charge in [-0.1, -0.05) is 32.9 Å². The van der Waals surface area contributed by atoms with Crippen molar-refractivity contribution in [1.29, 1.82) is 0 Å². The van der Waals surface area contributed by atoms with Gasteiger partial charge in [0.1, 0.15) is 0 Å². The van der Waals surface area contributed by atoms with Gasteiger partial charge in [-0.3, -0.25) is 14.4 Å². The lowest BCUT2D eigenvalue weighted by Crippen LogP contribution is -2.17. The Balaban J connectivity index is -0.000000332. The molecule has 140 valence electrons. The number of carbonyl (C=O) groups is 3. The molecule has 2 N–H and O–H groups in total. The van der Waals surface area contributed by atoms with Crippen LogP contribution in [0.1, 0.15) is 49.5 Å². The van der Waals surface area contributed by atoms with Crippen LogP contribution in [0.5, 0.6) is 0 Å². The lowest BCUT2D eigenvalue weighted by molar-refractivity contribution is -0.145. The molecule has 0 atom stereocenters. The van der Waals surface area contributed by atoms with Crippen molar-refractivity contribution in [3.8, 4) is 12.8 Å². The van der Waals surface area contributed by atoms with Gasteiger partial charge in [0.25, 0.3) is 5.91 Å². The molecule has 25 heavy (non-hydrogen) atoms. The molecule has 0 saturated carbocycles. The highest BCUT2D eigenvalue weighted by Gasteiger charge is 2.03. The van der Waals surface area contributed by atoms with Crippen LogP contribution in [0.15, 0.2) is 24.3 Å². The van der Waals surface area contributed by atoms with Crippen LogP contribution in [0.3, 0.4) is 0 Å². The minimum absolute atomic E-state index is 0.0229. The number of benzene rings is 1. The molecule has 0 fully saturated rings. The lowest BCUT2D eigenvalue weighted by Gasteiger charge is -2.01. The molecule has 1 aromatic rings. The number of esters is 1. The van der Waals surface area contributed by atoms with E-state index in [2.05, 4.69) is 29.8 Å². The third-order valence-electron chi connectivity index (χ3n) is 2.60. The molecular weight excluding hydrogens is 322 g/mol. The van der Waals surface area contributed by atoms with E-state index in [1.807, 2.05) is 38.1 Å². The van der Waals surface area contributed by atoms with E-state index < -0.39 is 11.9 Å². The third kappa shape index (κ3) is 15.8. The first-order valence-electron chi connectivity index (χ1n) is 7.87. The van der Waals surface area contributed by atoms with Crippen molar-refractivity contribution in [1.82, 2.24) is 5.32 Å². The SMILES string of the molecule is C#C.CC.CCc1cccc(C(=O)NC)c1.COC(=O)CCC(=O)O. The van der Waals surface area contributed by atoms with E-state index in [9.17, 15) is 14.4 Å². The summed E-state index contributed by atoms with van der Waals surface area (Å²) in [6.45, 7) is 6.07. The molecule has 1 aromatic carbocycles. The van der Waals surface area contributed by atoms with Gasteiger partial charge >= 0.3 is 11.9 Å². The summed E-state index contributed by atoms with van der Waals surface area (Å²) in [6, 6.07) is 7.66. The Labute approximate surface area is 150 Å². The van der Waals surface area contributed by atoms with E-state index in [1.165, 1.54) is 12.7 Å². The number of carboxylic acid groups (broad SMARTS) is 1. The predicted molar refractivity (Wildman–Crippen MR) is 99.3 cm³/mol. The third-order valence-corrected chi connectivity index (χ3v) is 2.60. The maximum absolute atomic E-state index is 11.2. The van der Waals surface area contributed by atoms with Crippen LogP contribution in [0.25, 0.3) is 0 Å². The average molecular weight is 351 g/mol. The van der Waals surface area contributed by atoms with Crippen LogP contribution >= 0.6 is 0 Å². The maximum Gasteiger partial charge on any atom is 0.306 e. The number of rotatable bonds is 5. The summed E-state index contributed by atoms with van der Waals surface area (Å²) < 4.78 is 4.20. The Morgan fingerprint density at radius 3 is 2.12 bits per heavy atom. The first-order chi connectivity index (χ1) is 11.9. The molecular formula is C19H29NO5. The summed E-state index contributed by atoms with van der Waals surface area (Å²) >= 11 is 0. The van der Waals surface area contributed by atoms with Gasteiger partial charge in [0.2, 0.25) is 0 Å². The summed E-state index contributed by atoms with van der Waals surface area (Å²) in [5.41, 5.74) is 1.92. The normalized spacial score (nSPS) is 7.96. The Hall–Kier alpha value is -2.81. The molecule has 6 heteroatoms. The van der Waals surface area contributed by atoms with E-state index in [1.54, 1.807) is 7.05 Å². The molecule has 0 bridgehead atoms. The number of methoxy groups -OCH3 is 1. The summed E-state index contributed by atoms with van der Waals surface area (Å²) in [6.07, 6.45) is 8.75. The molecule has 0 radical (unpaired) electrons. The average Bonchev–Trinajstić information content (AvgIpc) is 2.68. The summed E-state index contributed by atoms with van der Waals surface area (Å²) in [5.74, 6) is -1.50. The number of aryl methyl sites for hydroxylation is 1. The number of ether oxygens (including phenoxy) is 1. The van der Waals surface area contributed by atoms with Crippen molar-refractivity contribution >= 4 is 17.8 Å². The zero-order chi connectivity index (χ0) is 20.3. The zero-order valence-corrected chi connectivity index (χ0v) is 15.7. The fraction of sp³-hybridized carbons (Fsp3) is 0.421. The molecule has 1 amide bonds. The summed E-state index contributed by atoms with van der Waals surface area (Å²) in [5, 5.41) is 10.6. The molecule has 0 aliphatic carbocycles. The molecule has 6 nitrogen and oxygen atoms in total. The van der Waals surface area contributed by atoms with Crippen LogP contribution < -0.4 is 5.32 Å². The lowest BCUT2D eigenvalue weighted by atomic mass is 10.1. The fourth-order valence-corrected chi connectivity index (χ4v) is 1.39. The van der Waals surface area contributed by atoms with Crippen molar-refractivity contribution in [3.05, 3.63) is 35.4 Å². The van der Waals surface area contributed by atoms with Gasteiger partial charge in [-0.05, 0) is 24.1 Å². The minimum Gasteiger partial charge on any atom is -0.481 e. The van der Waals surface area contributed by atoms with Gasteiger partial charge in [0, 0.05) is 12.6 Å². The Bertz CT molecular complexity index is 524. The van der Waals surface area contributed by atoms with Gasteiger partial charge in [-0.15, -0.1) is 12.8 Å². The van der Waals surface area contributed by atoms with E-state index >= 15 is 0 Å². The van der Waals surface area contributed by atoms with Gasteiger partial charge in [-0.2, -0.15) is 0 Å². The van der Waals surface area contributed by atoms with Crippen LogP contribution in [0, 0.1) is 12.8 Å². The van der Waals surface area contributed by atoms with Crippen molar-refractivity contribution in [2.75, 3.05) is 14.2 Å². The second-order valence-electron chi connectivity index (χ2n) is 4.10. The topological polar surface area (TPSA) is 92.7 Å². The largest absolute Gasteiger partial charge is 0.481 e. The first-order valence-corrected chi connectivity index (χ1v) is 7.87. The van der Waals surface area contributed by atoms with Crippen molar-refractivity contribution < 1.29 is 24.2 Å². The highest BCUT2D eigenvalue weighted by atomic mass is 16.5. The fourth-order valence-electron chi connectivity index (χ4n) is 1.39. The number of hydrogen-bond acceptors (Lipinski definition) is 4. The highest BCUT2D eigenvalue weighted by molar-refractivity contribution is 5.94. The van der Waals surface area contributed by atoms with E-state index in [0.29, 0.717) is 0 Å². The van der Waals surface area contributed by atoms with E-state index in [4.69, 9.17) is 5.11 Å². The quantitative estimate of drug-likeness (QED) is 0.628. The number of hydrogen-bond donors (Lipinski definition) is 2. The number of carbonyl (C=O) groups excluding carboxylic acids is 2. The Morgan fingerprint density at radius 1 is 1.16 bits per heavy atom. The van der Waals surface area contributed by atoms with E-state index in [-0.39, 0.29) is 18.7 Å². The van der Waals surface area contributed by atoms with Crippen molar-refractivity contribution in [3.63, 3.8) is 0 Å². The van der Waals surface area contributed by atoms with Gasteiger partial charge in [-0.25, -0.2) is 0 Å². The molecule has 0 unspecified atom stereocenters. The van der Waals surface area contributed by atoms with Crippen LogP contribution in [-0.2, 0) is 20.7 Å². The highest BCUT2D eigenvalue weighted by Crippen LogP contribution is 2.05. The molecule has 0 saturated heterocycles. The number of nitrogens with one attached hydrogen (secondary N) is 1. The second-order valence-corrected chi connectivity index (χ2v) is 4.10. The monoisotopic (exact) mass is 351 g/mol. The van der Waals surface area contributed by atoms with E-state index in [0.717, 1.165) is 12.0 Å². The second kappa shape index (κ2) is 19.2. The minimum atomic E-state index is -0.986. The van der Waals surface area contributed by atoms with Crippen LogP contribution in [0.4, 0.5) is 0 Å². The maximum atomic E-state index is 11.2. The smallest absolute Gasteiger partial charge is 0.306 e. The Morgan fingerprint density at radius 2 is 1.72 bits per heavy atom. The number of carboxylic acids is 1. The number of aliphatic carboxylic acids is 1. The standard InChI is InChI=1S/C10H13NO.C5H8O4.C2H6.C2H2/c1-3-8-5-4-6-9(7-8)10(12)11-2;1-9-5(8)3-2-4(6)7;2*1-2/h4-7H,3H2,1-2H3,(H,11,12);2-3H2,1H3,(H,6,7);1-2H3;1-2H. The molecule has 0 aromatic heterocycles. The zero-order valence-electron chi connectivity index (χ0n) is 15.7. The molecule has 1 rings (SSSR count). The predicted octanol–water partition coefficient (Wildman–Crippen LogP) is 2.91.